The molecule has 0 aliphatic rings. The molecule has 17 heavy (non-hydrogen) atoms. The van der Waals surface area contributed by atoms with Gasteiger partial charge in [-0.25, -0.2) is 9.97 Å². The number of hydrogen-bond donors (Lipinski definition) is 2. The summed E-state index contributed by atoms with van der Waals surface area (Å²) in [7, 11) is 0. The summed E-state index contributed by atoms with van der Waals surface area (Å²) in [6.45, 7) is 0.587. The molecule has 2 heterocycles. The number of carbonyl (C=O) groups is 1. The maximum Gasteiger partial charge on any atom is 0.244 e. The predicted molar refractivity (Wildman–Crippen MR) is 66.4 cm³/mol. The molecule has 0 aliphatic carbocycles. The van der Waals surface area contributed by atoms with Crippen LogP contribution < -0.4 is 5.32 Å². The molecule has 0 atom stereocenters. The third-order valence-electron chi connectivity index (χ3n) is 2.08. The third kappa shape index (κ3) is 3.84. The first kappa shape index (κ1) is 11.5. The van der Waals surface area contributed by atoms with Gasteiger partial charge in [-0.2, -0.15) is 0 Å². The van der Waals surface area contributed by atoms with Crippen molar-refractivity contribution in [2.24, 2.45) is 0 Å². The number of amides is 1. The van der Waals surface area contributed by atoms with E-state index < -0.39 is 0 Å². The number of nitrogens with zero attached hydrogens (tertiary/aromatic N) is 2. The zero-order valence-corrected chi connectivity index (χ0v) is 9.91. The van der Waals surface area contributed by atoms with Crippen molar-refractivity contribution in [1.29, 1.82) is 0 Å². The van der Waals surface area contributed by atoms with Crippen molar-refractivity contribution >= 4 is 23.3 Å². The average Bonchev–Trinajstić information content (AvgIpc) is 2.99. The minimum atomic E-state index is -0.111. The van der Waals surface area contributed by atoms with Crippen LogP contribution in [-0.2, 0) is 11.2 Å². The van der Waals surface area contributed by atoms with Gasteiger partial charge < -0.3 is 10.3 Å². The van der Waals surface area contributed by atoms with Gasteiger partial charge in [-0.15, -0.1) is 11.3 Å². The molecule has 88 valence electrons. The number of aromatic amines is 1. The molecule has 0 spiro atoms. The Hall–Kier alpha value is -1.95. The quantitative estimate of drug-likeness (QED) is 0.782. The van der Waals surface area contributed by atoms with E-state index in [9.17, 15) is 4.79 Å². The predicted octanol–water partition coefficient (Wildman–Crippen LogP) is 1.24. The molecule has 0 radical (unpaired) electrons. The molecule has 1 amide bonds. The number of rotatable bonds is 5. The van der Waals surface area contributed by atoms with E-state index in [0.717, 1.165) is 17.1 Å². The normalized spacial score (nSPS) is 10.8. The minimum absolute atomic E-state index is 0.111. The topological polar surface area (TPSA) is 70.7 Å². The summed E-state index contributed by atoms with van der Waals surface area (Å²) in [5, 5.41) is 5.49. The van der Waals surface area contributed by atoms with Gasteiger partial charge in [-0.1, -0.05) is 0 Å². The van der Waals surface area contributed by atoms with Crippen molar-refractivity contribution in [3.8, 4) is 0 Å². The summed E-state index contributed by atoms with van der Waals surface area (Å²) in [5.74, 6) is -0.111. The third-order valence-corrected chi connectivity index (χ3v) is 2.82. The molecule has 0 fully saturated rings. The maximum absolute atomic E-state index is 11.4. The number of aromatic nitrogens is 3. The highest BCUT2D eigenvalue weighted by Gasteiger charge is 1.97. The summed E-state index contributed by atoms with van der Waals surface area (Å²) >= 11 is 1.50. The largest absolute Gasteiger partial charge is 0.352 e. The Morgan fingerprint density at radius 1 is 1.59 bits per heavy atom. The van der Waals surface area contributed by atoms with Gasteiger partial charge in [-0.05, 0) is 6.08 Å². The monoisotopic (exact) mass is 248 g/mol. The van der Waals surface area contributed by atoms with Crippen molar-refractivity contribution in [2.75, 3.05) is 6.54 Å². The van der Waals surface area contributed by atoms with Crippen molar-refractivity contribution in [3.05, 3.63) is 40.9 Å². The van der Waals surface area contributed by atoms with Gasteiger partial charge in [0.25, 0.3) is 0 Å². The van der Waals surface area contributed by atoms with Gasteiger partial charge in [0.05, 0.1) is 6.33 Å². The van der Waals surface area contributed by atoms with E-state index in [2.05, 4.69) is 20.3 Å². The zero-order valence-electron chi connectivity index (χ0n) is 9.09. The van der Waals surface area contributed by atoms with Crippen molar-refractivity contribution < 1.29 is 4.79 Å². The summed E-state index contributed by atoms with van der Waals surface area (Å²) in [6.07, 6.45) is 9.02. The van der Waals surface area contributed by atoms with Crippen LogP contribution in [0.2, 0.25) is 0 Å². The Bertz CT molecular complexity index is 476. The Morgan fingerprint density at radius 2 is 2.53 bits per heavy atom. The first-order valence-electron chi connectivity index (χ1n) is 5.17. The van der Waals surface area contributed by atoms with Crippen LogP contribution >= 0.6 is 11.3 Å². The van der Waals surface area contributed by atoms with Crippen LogP contribution in [0.15, 0.2) is 30.2 Å². The highest BCUT2D eigenvalue weighted by molar-refractivity contribution is 7.10. The van der Waals surface area contributed by atoms with E-state index in [0.29, 0.717) is 6.54 Å². The van der Waals surface area contributed by atoms with E-state index in [4.69, 9.17) is 0 Å². The first-order chi connectivity index (χ1) is 8.34. The number of imidazole rings is 1. The van der Waals surface area contributed by atoms with Crippen LogP contribution in [0, 0.1) is 0 Å². The Balaban J connectivity index is 1.71. The van der Waals surface area contributed by atoms with Crippen LogP contribution in [0.1, 0.15) is 10.7 Å². The average molecular weight is 248 g/mol. The summed E-state index contributed by atoms with van der Waals surface area (Å²) in [6, 6.07) is 0. The Labute approximate surface area is 103 Å². The standard InChI is InChI=1S/C11H12N4OS/c16-10(1-2-11-14-5-6-17-11)13-4-3-9-7-12-8-15-9/h1-2,5-8H,3-4H2,(H,12,15)(H,13,16)/b2-1+. The van der Waals surface area contributed by atoms with Crippen LogP contribution in [0.3, 0.4) is 0 Å². The fourth-order valence-corrected chi connectivity index (χ4v) is 1.79. The molecule has 0 aliphatic heterocycles. The fraction of sp³-hybridized carbons (Fsp3) is 0.182. The molecule has 2 aromatic rings. The summed E-state index contributed by atoms with van der Waals surface area (Å²) in [4.78, 5) is 22.3. The maximum atomic E-state index is 11.4. The van der Waals surface area contributed by atoms with Crippen molar-refractivity contribution in [2.45, 2.75) is 6.42 Å². The smallest absolute Gasteiger partial charge is 0.244 e. The van der Waals surface area contributed by atoms with Gasteiger partial charge in [0.15, 0.2) is 0 Å². The van der Waals surface area contributed by atoms with Crippen LogP contribution in [0.4, 0.5) is 0 Å². The second-order valence-electron chi connectivity index (χ2n) is 3.32. The second-order valence-corrected chi connectivity index (χ2v) is 4.25. The molecule has 0 aromatic carbocycles. The van der Waals surface area contributed by atoms with Gasteiger partial charge in [0, 0.05) is 42.5 Å². The van der Waals surface area contributed by atoms with Gasteiger partial charge >= 0.3 is 0 Å². The lowest BCUT2D eigenvalue weighted by Crippen LogP contribution is -2.23. The number of nitrogens with one attached hydrogen (secondary N) is 2. The van der Waals surface area contributed by atoms with E-state index >= 15 is 0 Å². The molecular formula is C11H12N4OS. The number of thiazole rings is 1. The van der Waals surface area contributed by atoms with Crippen molar-refractivity contribution in [3.63, 3.8) is 0 Å². The molecule has 2 N–H and O–H groups in total. The highest BCUT2D eigenvalue weighted by atomic mass is 32.1. The molecule has 2 rings (SSSR count). The first-order valence-corrected chi connectivity index (χ1v) is 6.05. The van der Waals surface area contributed by atoms with E-state index in [1.807, 2.05) is 5.38 Å². The van der Waals surface area contributed by atoms with E-state index in [-0.39, 0.29) is 5.91 Å². The molecule has 0 saturated carbocycles. The van der Waals surface area contributed by atoms with Gasteiger partial charge in [0.1, 0.15) is 5.01 Å². The lowest BCUT2D eigenvalue weighted by atomic mass is 10.3. The molecular weight excluding hydrogens is 236 g/mol. The van der Waals surface area contributed by atoms with Crippen LogP contribution in [0.25, 0.3) is 6.08 Å². The van der Waals surface area contributed by atoms with E-state index in [1.165, 1.54) is 17.4 Å². The number of carbonyl (C=O) groups excluding carboxylic acids is 1. The lowest BCUT2D eigenvalue weighted by molar-refractivity contribution is -0.116. The molecule has 2 aromatic heterocycles. The number of hydrogen-bond acceptors (Lipinski definition) is 4. The van der Waals surface area contributed by atoms with Gasteiger partial charge in [0.2, 0.25) is 5.91 Å². The highest BCUT2D eigenvalue weighted by Crippen LogP contribution is 2.05. The second kappa shape index (κ2) is 5.95. The van der Waals surface area contributed by atoms with Gasteiger partial charge in [-0.3, -0.25) is 4.79 Å². The molecule has 6 heteroatoms. The van der Waals surface area contributed by atoms with Crippen LogP contribution in [-0.4, -0.2) is 27.4 Å². The fourth-order valence-electron chi connectivity index (χ4n) is 1.26. The molecule has 0 unspecified atom stereocenters. The Kier molecular flexibility index (Phi) is 4.04. The molecule has 0 bridgehead atoms. The lowest BCUT2D eigenvalue weighted by Gasteiger charge is -1.99. The van der Waals surface area contributed by atoms with E-state index in [1.54, 1.807) is 24.8 Å². The molecule has 0 saturated heterocycles. The van der Waals surface area contributed by atoms with Crippen molar-refractivity contribution in [1.82, 2.24) is 20.3 Å². The van der Waals surface area contributed by atoms with Crippen LogP contribution in [0.5, 0.6) is 0 Å². The molecule has 5 nitrogen and oxygen atoms in total. The summed E-state index contributed by atoms with van der Waals surface area (Å²) in [5.41, 5.74) is 1.01. The minimum Gasteiger partial charge on any atom is -0.352 e. The Morgan fingerprint density at radius 3 is 3.24 bits per heavy atom. The summed E-state index contributed by atoms with van der Waals surface area (Å²) < 4.78 is 0. The number of H-pyrrole nitrogens is 1. The zero-order chi connectivity index (χ0) is 11.9. The SMILES string of the molecule is O=C(/C=C/c1nccs1)NCCc1cnc[nH]1.